The van der Waals surface area contributed by atoms with Crippen LogP contribution in [0.1, 0.15) is 21.6 Å². The van der Waals surface area contributed by atoms with Gasteiger partial charge in [0.2, 0.25) is 0 Å². The topological polar surface area (TPSA) is 41.4 Å². The number of carbonyl (C=O) groups excluding carboxylic acids is 1. The Morgan fingerprint density at radius 1 is 1.09 bits per heavy atom. The van der Waals surface area contributed by atoms with Gasteiger partial charge in [0.15, 0.2) is 0 Å². The predicted molar refractivity (Wildman–Crippen MR) is 87.2 cm³/mol. The molecule has 1 aromatic heterocycles. The summed E-state index contributed by atoms with van der Waals surface area (Å²) in [6.45, 7) is 7.49. The first kappa shape index (κ1) is 14.6. The fraction of sp³-hybridized carbons (Fsp3) is 0.412. The molecule has 116 valence electrons. The van der Waals surface area contributed by atoms with E-state index in [1.165, 1.54) is 16.8 Å². The maximum absolute atomic E-state index is 12.5. The van der Waals surface area contributed by atoms with Gasteiger partial charge in [-0.25, -0.2) is 0 Å². The number of anilines is 1. The number of rotatable bonds is 2. The summed E-state index contributed by atoms with van der Waals surface area (Å²) < 4.78 is 1.64. The fourth-order valence-electron chi connectivity index (χ4n) is 2.96. The number of aryl methyl sites for hydroxylation is 3. The first-order chi connectivity index (χ1) is 10.6. The van der Waals surface area contributed by atoms with Crippen molar-refractivity contribution in [2.45, 2.75) is 13.8 Å². The van der Waals surface area contributed by atoms with Gasteiger partial charge in [0.1, 0.15) is 5.69 Å². The molecule has 1 aliphatic heterocycles. The van der Waals surface area contributed by atoms with Crippen LogP contribution < -0.4 is 4.90 Å². The van der Waals surface area contributed by atoms with Crippen LogP contribution in [0.3, 0.4) is 0 Å². The number of piperazine rings is 1. The minimum Gasteiger partial charge on any atom is -0.368 e. The van der Waals surface area contributed by atoms with Crippen molar-refractivity contribution >= 4 is 11.6 Å². The number of hydrogen-bond acceptors (Lipinski definition) is 3. The molecule has 1 aliphatic rings. The second kappa shape index (κ2) is 5.83. The smallest absolute Gasteiger partial charge is 0.272 e. The normalized spacial score (nSPS) is 15.2. The van der Waals surface area contributed by atoms with Crippen LogP contribution in [0, 0.1) is 13.8 Å². The maximum atomic E-state index is 12.5. The van der Waals surface area contributed by atoms with Crippen molar-refractivity contribution in [3.8, 4) is 0 Å². The summed E-state index contributed by atoms with van der Waals surface area (Å²) in [4.78, 5) is 16.8. The molecule has 1 amide bonds. The summed E-state index contributed by atoms with van der Waals surface area (Å²) in [5.41, 5.74) is 4.50. The fourth-order valence-corrected chi connectivity index (χ4v) is 2.96. The molecular weight excluding hydrogens is 276 g/mol. The molecule has 0 spiro atoms. The highest BCUT2D eigenvalue weighted by molar-refractivity contribution is 5.92. The van der Waals surface area contributed by atoms with Gasteiger partial charge in [0.25, 0.3) is 5.91 Å². The zero-order valence-corrected chi connectivity index (χ0v) is 13.4. The lowest BCUT2D eigenvalue weighted by atomic mass is 10.1. The Balaban J connectivity index is 1.69. The lowest BCUT2D eigenvalue weighted by Crippen LogP contribution is -2.49. The van der Waals surface area contributed by atoms with Crippen LogP contribution in [-0.4, -0.2) is 46.8 Å². The van der Waals surface area contributed by atoms with Crippen LogP contribution >= 0.6 is 0 Å². The molecule has 2 aromatic rings. The molecule has 5 heteroatoms. The number of amides is 1. The molecule has 1 aromatic carbocycles. The van der Waals surface area contributed by atoms with Crippen molar-refractivity contribution in [1.29, 1.82) is 0 Å². The molecule has 0 N–H and O–H groups in total. The third-order valence-electron chi connectivity index (χ3n) is 4.31. The van der Waals surface area contributed by atoms with Crippen LogP contribution in [0.2, 0.25) is 0 Å². The highest BCUT2D eigenvalue weighted by Crippen LogP contribution is 2.23. The molecule has 0 atom stereocenters. The Morgan fingerprint density at radius 3 is 2.45 bits per heavy atom. The Labute approximate surface area is 131 Å². The number of benzene rings is 1. The zero-order valence-electron chi connectivity index (χ0n) is 13.4. The largest absolute Gasteiger partial charge is 0.368 e. The van der Waals surface area contributed by atoms with Crippen molar-refractivity contribution in [2.24, 2.45) is 7.05 Å². The molecule has 1 saturated heterocycles. The summed E-state index contributed by atoms with van der Waals surface area (Å²) in [6.07, 6.45) is 1.67. The second-order valence-electron chi connectivity index (χ2n) is 5.91. The van der Waals surface area contributed by atoms with Gasteiger partial charge in [-0.05, 0) is 37.1 Å². The van der Waals surface area contributed by atoms with Crippen molar-refractivity contribution in [3.63, 3.8) is 0 Å². The Morgan fingerprint density at radius 2 is 1.82 bits per heavy atom. The highest BCUT2D eigenvalue weighted by atomic mass is 16.2. The quantitative estimate of drug-likeness (QED) is 0.851. The van der Waals surface area contributed by atoms with Gasteiger partial charge < -0.3 is 9.80 Å². The molecule has 3 rings (SSSR count). The first-order valence-corrected chi connectivity index (χ1v) is 7.66. The number of aromatic nitrogens is 2. The van der Waals surface area contributed by atoms with E-state index in [-0.39, 0.29) is 5.91 Å². The monoisotopic (exact) mass is 298 g/mol. The van der Waals surface area contributed by atoms with E-state index in [4.69, 9.17) is 0 Å². The van der Waals surface area contributed by atoms with E-state index < -0.39 is 0 Å². The van der Waals surface area contributed by atoms with E-state index in [0.717, 1.165) is 26.2 Å². The Bertz CT molecular complexity index is 684. The van der Waals surface area contributed by atoms with Gasteiger partial charge in [-0.1, -0.05) is 12.1 Å². The standard InChI is InChI=1S/C17H22N4O/c1-13-4-5-14(2)16(12-13)20-8-10-21(11-9-20)17(22)15-6-7-18-19(15)3/h4-7,12H,8-11H2,1-3H3. The summed E-state index contributed by atoms with van der Waals surface area (Å²) in [6, 6.07) is 8.31. The van der Waals surface area contributed by atoms with E-state index in [1.807, 2.05) is 4.90 Å². The van der Waals surface area contributed by atoms with Gasteiger partial charge in [0, 0.05) is 45.1 Å². The van der Waals surface area contributed by atoms with Gasteiger partial charge >= 0.3 is 0 Å². The molecule has 0 unspecified atom stereocenters. The van der Waals surface area contributed by atoms with Crippen molar-refractivity contribution in [3.05, 3.63) is 47.3 Å². The average molecular weight is 298 g/mol. The van der Waals surface area contributed by atoms with Crippen LogP contribution in [0.15, 0.2) is 30.5 Å². The SMILES string of the molecule is Cc1ccc(C)c(N2CCN(C(=O)c3ccnn3C)CC2)c1. The maximum Gasteiger partial charge on any atom is 0.272 e. The second-order valence-corrected chi connectivity index (χ2v) is 5.91. The summed E-state index contributed by atoms with van der Waals surface area (Å²) in [5.74, 6) is 0.0700. The molecule has 2 heterocycles. The highest BCUT2D eigenvalue weighted by Gasteiger charge is 2.24. The predicted octanol–water partition coefficient (Wildman–Crippen LogP) is 2.00. The van der Waals surface area contributed by atoms with Gasteiger partial charge in [-0.3, -0.25) is 9.48 Å². The molecule has 22 heavy (non-hydrogen) atoms. The average Bonchev–Trinajstić information content (AvgIpc) is 2.95. The van der Waals surface area contributed by atoms with Crippen LogP contribution in [-0.2, 0) is 7.05 Å². The summed E-state index contributed by atoms with van der Waals surface area (Å²) in [5, 5.41) is 4.08. The molecule has 0 radical (unpaired) electrons. The molecule has 5 nitrogen and oxygen atoms in total. The van der Waals surface area contributed by atoms with Gasteiger partial charge in [-0.15, -0.1) is 0 Å². The lowest BCUT2D eigenvalue weighted by Gasteiger charge is -2.36. The summed E-state index contributed by atoms with van der Waals surface area (Å²) in [7, 11) is 1.81. The van der Waals surface area contributed by atoms with E-state index >= 15 is 0 Å². The van der Waals surface area contributed by atoms with Gasteiger partial charge in [0.05, 0.1) is 0 Å². The molecule has 0 bridgehead atoms. The minimum absolute atomic E-state index is 0.0700. The Kier molecular flexibility index (Phi) is 3.88. The number of nitrogens with zero attached hydrogens (tertiary/aromatic N) is 4. The van der Waals surface area contributed by atoms with Crippen molar-refractivity contribution in [2.75, 3.05) is 31.1 Å². The third kappa shape index (κ3) is 2.71. The molecule has 0 saturated carbocycles. The third-order valence-corrected chi connectivity index (χ3v) is 4.31. The van der Waals surface area contributed by atoms with E-state index in [2.05, 4.69) is 42.0 Å². The molecular formula is C17H22N4O. The Hall–Kier alpha value is -2.30. The van der Waals surface area contributed by atoms with Gasteiger partial charge in [-0.2, -0.15) is 5.10 Å². The zero-order chi connectivity index (χ0) is 15.7. The van der Waals surface area contributed by atoms with Crippen LogP contribution in [0.25, 0.3) is 0 Å². The number of carbonyl (C=O) groups is 1. The van der Waals surface area contributed by atoms with Crippen LogP contribution in [0.4, 0.5) is 5.69 Å². The molecule has 0 aliphatic carbocycles. The van der Waals surface area contributed by atoms with E-state index in [1.54, 1.807) is 24.0 Å². The first-order valence-electron chi connectivity index (χ1n) is 7.66. The van der Waals surface area contributed by atoms with Crippen LogP contribution in [0.5, 0.6) is 0 Å². The minimum atomic E-state index is 0.0700. The number of hydrogen-bond donors (Lipinski definition) is 0. The lowest BCUT2D eigenvalue weighted by molar-refractivity contribution is 0.0735. The van der Waals surface area contributed by atoms with E-state index in [9.17, 15) is 4.79 Å². The van der Waals surface area contributed by atoms with E-state index in [0.29, 0.717) is 5.69 Å². The van der Waals surface area contributed by atoms with Crippen molar-refractivity contribution in [1.82, 2.24) is 14.7 Å². The molecule has 1 fully saturated rings. The van der Waals surface area contributed by atoms with Crippen molar-refractivity contribution < 1.29 is 4.79 Å². The summed E-state index contributed by atoms with van der Waals surface area (Å²) >= 11 is 0.